The molecule has 6 heteroatoms. The summed E-state index contributed by atoms with van der Waals surface area (Å²) in [6, 6.07) is 13.4. The zero-order valence-electron chi connectivity index (χ0n) is 10.9. The van der Waals surface area contributed by atoms with Crippen LogP contribution in [0.15, 0.2) is 47.8 Å². The standard InChI is InChI=1S/C15H11ClN2O2S/c16-11-6-14(21-9-11)13-7-12(10-4-2-1-3-5-10)17-18(13)8-15(19)20/h1-7,9H,8H2,(H,19,20). The summed E-state index contributed by atoms with van der Waals surface area (Å²) in [5, 5.41) is 15.9. The molecule has 0 amide bonds. The normalized spacial score (nSPS) is 10.7. The van der Waals surface area contributed by atoms with Gasteiger partial charge in [-0.25, -0.2) is 0 Å². The Morgan fingerprint density at radius 2 is 2.05 bits per heavy atom. The summed E-state index contributed by atoms with van der Waals surface area (Å²) in [7, 11) is 0. The molecule has 0 aliphatic heterocycles. The molecule has 3 rings (SSSR count). The highest BCUT2D eigenvalue weighted by Gasteiger charge is 2.15. The molecule has 21 heavy (non-hydrogen) atoms. The largest absolute Gasteiger partial charge is 0.480 e. The number of halogens is 1. The first-order valence-corrected chi connectivity index (χ1v) is 7.49. The summed E-state index contributed by atoms with van der Waals surface area (Å²) in [4.78, 5) is 11.9. The highest BCUT2D eigenvalue weighted by molar-refractivity contribution is 7.14. The van der Waals surface area contributed by atoms with Gasteiger partial charge in [0.2, 0.25) is 0 Å². The molecule has 0 aliphatic rings. The van der Waals surface area contributed by atoms with E-state index in [0.29, 0.717) is 5.02 Å². The quantitative estimate of drug-likeness (QED) is 0.790. The van der Waals surface area contributed by atoms with Gasteiger partial charge in [-0.05, 0) is 12.1 Å². The van der Waals surface area contributed by atoms with Gasteiger partial charge >= 0.3 is 5.97 Å². The molecule has 2 heterocycles. The molecule has 0 saturated heterocycles. The van der Waals surface area contributed by atoms with Crippen LogP contribution in [0.25, 0.3) is 21.8 Å². The zero-order chi connectivity index (χ0) is 14.8. The van der Waals surface area contributed by atoms with Crippen LogP contribution < -0.4 is 0 Å². The molecule has 0 aliphatic carbocycles. The van der Waals surface area contributed by atoms with Crippen LogP contribution in [0.1, 0.15) is 0 Å². The fourth-order valence-electron chi connectivity index (χ4n) is 2.06. The average molecular weight is 319 g/mol. The van der Waals surface area contributed by atoms with Gasteiger partial charge in [0.15, 0.2) is 0 Å². The van der Waals surface area contributed by atoms with Crippen molar-refractivity contribution in [3.05, 3.63) is 52.9 Å². The van der Waals surface area contributed by atoms with Gasteiger partial charge in [0.1, 0.15) is 6.54 Å². The van der Waals surface area contributed by atoms with Crippen LogP contribution in [0.4, 0.5) is 0 Å². The van der Waals surface area contributed by atoms with Crippen LogP contribution >= 0.6 is 22.9 Å². The highest BCUT2D eigenvalue weighted by atomic mass is 35.5. The molecular weight excluding hydrogens is 308 g/mol. The molecular formula is C15H11ClN2O2S. The Morgan fingerprint density at radius 3 is 2.67 bits per heavy atom. The Hall–Kier alpha value is -2.11. The minimum atomic E-state index is -0.929. The van der Waals surface area contributed by atoms with Crippen molar-refractivity contribution in [1.29, 1.82) is 0 Å². The number of carboxylic acid groups (broad SMARTS) is 1. The van der Waals surface area contributed by atoms with E-state index >= 15 is 0 Å². The van der Waals surface area contributed by atoms with Crippen molar-refractivity contribution in [1.82, 2.24) is 9.78 Å². The molecule has 1 N–H and O–H groups in total. The minimum absolute atomic E-state index is 0.183. The summed E-state index contributed by atoms with van der Waals surface area (Å²) in [5.74, 6) is -0.929. The number of hydrogen-bond acceptors (Lipinski definition) is 3. The number of hydrogen-bond donors (Lipinski definition) is 1. The van der Waals surface area contributed by atoms with E-state index < -0.39 is 5.97 Å². The van der Waals surface area contributed by atoms with Gasteiger partial charge in [0.25, 0.3) is 0 Å². The van der Waals surface area contributed by atoms with Crippen molar-refractivity contribution >= 4 is 28.9 Å². The molecule has 2 aromatic heterocycles. The van der Waals surface area contributed by atoms with Crippen LogP contribution in [0.3, 0.4) is 0 Å². The summed E-state index contributed by atoms with van der Waals surface area (Å²) >= 11 is 7.42. The predicted molar refractivity (Wildman–Crippen MR) is 83.6 cm³/mol. The van der Waals surface area contributed by atoms with Gasteiger partial charge in [0.05, 0.1) is 21.3 Å². The lowest BCUT2D eigenvalue weighted by Gasteiger charge is -2.01. The number of carbonyl (C=O) groups is 1. The minimum Gasteiger partial charge on any atom is -0.480 e. The summed E-state index contributed by atoms with van der Waals surface area (Å²) in [5.41, 5.74) is 2.45. The van der Waals surface area contributed by atoms with Gasteiger partial charge in [0, 0.05) is 10.9 Å². The number of aliphatic carboxylic acids is 1. The van der Waals surface area contributed by atoms with Crippen molar-refractivity contribution in [2.45, 2.75) is 6.54 Å². The number of benzene rings is 1. The molecule has 3 aromatic rings. The van der Waals surface area contributed by atoms with E-state index in [2.05, 4.69) is 5.10 Å². The van der Waals surface area contributed by atoms with Crippen molar-refractivity contribution in [2.24, 2.45) is 0 Å². The van der Waals surface area contributed by atoms with E-state index in [1.165, 1.54) is 16.0 Å². The van der Waals surface area contributed by atoms with E-state index in [1.54, 1.807) is 0 Å². The zero-order valence-corrected chi connectivity index (χ0v) is 12.4. The van der Waals surface area contributed by atoms with Crippen LogP contribution in [-0.4, -0.2) is 20.9 Å². The molecule has 0 spiro atoms. The maximum atomic E-state index is 11.0. The van der Waals surface area contributed by atoms with Gasteiger partial charge in [-0.3, -0.25) is 9.48 Å². The van der Waals surface area contributed by atoms with Crippen molar-refractivity contribution < 1.29 is 9.90 Å². The van der Waals surface area contributed by atoms with Crippen molar-refractivity contribution in [2.75, 3.05) is 0 Å². The third-order valence-electron chi connectivity index (χ3n) is 2.95. The topological polar surface area (TPSA) is 55.1 Å². The number of rotatable bonds is 4. The first-order valence-electron chi connectivity index (χ1n) is 6.23. The fourth-order valence-corrected chi connectivity index (χ4v) is 3.16. The second kappa shape index (κ2) is 5.71. The lowest BCUT2D eigenvalue weighted by atomic mass is 10.1. The van der Waals surface area contributed by atoms with E-state index in [-0.39, 0.29) is 6.54 Å². The highest BCUT2D eigenvalue weighted by Crippen LogP contribution is 2.32. The molecule has 4 nitrogen and oxygen atoms in total. The number of aromatic nitrogens is 2. The Balaban J connectivity index is 2.09. The summed E-state index contributed by atoms with van der Waals surface area (Å²) in [6.45, 7) is -0.183. The van der Waals surface area contributed by atoms with Gasteiger partial charge in [-0.2, -0.15) is 5.10 Å². The van der Waals surface area contributed by atoms with Crippen LogP contribution in [0.2, 0.25) is 5.02 Å². The molecule has 0 unspecified atom stereocenters. The van der Waals surface area contributed by atoms with E-state index in [1.807, 2.05) is 47.8 Å². The monoisotopic (exact) mass is 318 g/mol. The Bertz CT molecular complexity index is 780. The van der Waals surface area contributed by atoms with E-state index in [0.717, 1.165) is 21.8 Å². The lowest BCUT2D eigenvalue weighted by molar-refractivity contribution is -0.137. The molecule has 0 radical (unpaired) electrons. The van der Waals surface area contributed by atoms with E-state index in [9.17, 15) is 4.79 Å². The lowest BCUT2D eigenvalue weighted by Crippen LogP contribution is -2.11. The Kier molecular flexibility index (Phi) is 3.77. The maximum absolute atomic E-state index is 11.0. The Labute approximate surface area is 130 Å². The van der Waals surface area contributed by atoms with Crippen LogP contribution in [0.5, 0.6) is 0 Å². The van der Waals surface area contributed by atoms with Gasteiger partial charge in [-0.15, -0.1) is 11.3 Å². The number of thiophene rings is 1. The third kappa shape index (κ3) is 2.99. The van der Waals surface area contributed by atoms with Crippen LogP contribution in [0, 0.1) is 0 Å². The first-order chi connectivity index (χ1) is 10.1. The fraction of sp³-hybridized carbons (Fsp3) is 0.0667. The Morgan fingerprint density at radius 1 is 1.29 bits per heavy atom. The average Bonchev–Trinajstić information content (AvgIpc) is 3.05. The van der Waals surface area contributed by atoms with E-state index in [4.69, 9.17) is 16.7 Å². The molecule has 0 bridgehead atoms. The van der Waals surface area contributed by atoms with Gasteiger partial charge in [-0.1, -0.05) is 41.9 Å². The second-order valence-corrected chi connectivity index (χ2v) is 5.81. The molecule has 0 fully saturated rings. The molecule has 1 aromatic carbocycles. The SMILES string of the molecule is O=C(O)Cn1nc(-c2ccccc2)cc1-c1cc(Cl)cs1. The predicted octanol–water partition coefficient (Wildman–Crippen LogP) is 4.02. The summed E-state index contributed by atoms with van der Waals surface area (Å²) in [6.07, 6.45) is 0. The maximum Gasteiger partial charge on any atom is 0.325 e. The van der Waals surface area contributed by atoms with Crippen molar-refractivity contribution in [3.63, 3.8) is 0 Å². The third-order valence-corrected chi connectivity index (χ3v) is 4.25. The van der Waals surface area contributed by atoms with Crippen LogP contribution in [-0.2, 0) is 11.3 Å². The molecule has 106 valence electrons. The second-order valence-electron chi connectivity index (χ2n) is 4.46. The number of nitrogens with zero attached hydrogens (tertiary/aromatic N) is 2. The first kappa shape index (κ1) is 13.9. The number of carboxylic acids is 1. The summed E-state index contributed by atoms with van der Waals surface area (Å²) < 4.78 is 1.49. The molecule has 0 atom stereocenters. The smallest absolute Gasteiger partial charge is 0.325 e. The van der Waals surface area contributed by atoms with Gasteiger partial charge < -0.3 is 5.11 Å². The van der Waals surface area contributed by atoms with Crippen molar-refractivity contribution in [3.8, 4) is 21.8 Å². The molecule has 0 saturated carbocycles.